The quantitative estimate of drug-likeness (QED) is 0.169. The van der Waals surface area contributed by atoms with Gasteiger partial charge in [-0.1, -0.05) is 18.2 Å². The zero-order valence-corrected chi connectivity index (χ0v) is 19.9. The number of hydrogen-bond donors (Lipinski definition) is 5. The van der Waals surface area contributed by atoms with E-state index in [9.17, 15) is 32.5 Å². The highest BCUT2D eigenvalue weighted by Gasteiger charge is 2.37. The number of nitrogens with one attached hydrogen (secondary N) is 3. The van der Waals surface area contributed by atoms with Crippen LogP contribution in [0.1, 0.15) is 46.0 Å². The van der Waals surface area contributed by atoms with Gasteiger partial charge in [-0.15, -0.1) is 0 Å². The number of halogens is 2. The zero-order valence-electron chi connectivity index (χ0n) is 18.9. The van der Waals surface area contributed by atoms with E-state index in [1.54, 1.807) is 0 Å². The van der Waals surface area contributed by atoms with Gasteiger partial charge in [-0.05, 0) is 38.0 Å². The summed E-state index contributed by atoms with van der Waals surface area (Å²) in [4.78, 5) is 55.6. The molecule has 0 radical (unpaired) electrons. The Bertz CT molecular complexity index is 851. The number of alkyl halides is 2. The molecule has 0 saturated carbocycles. The smallest absolute Gasteiger partial charge is 0.368 e. The molecule has 0 aromatic rings. The summed E-state index contributed by atoms with van der Waals surface area (Å²) in [5, 5.41) is 7.60. The average molecular weight is 508 g/mol. The van der Waals surface area contributed by atoms with E-state index in [1.807, 2.05) is 0 Å². The summed E-state index contributed by atoms with van der Waals surface area (Å²) in [6.07, 6.45) is 0.996. The van der Waals surface area contributed by atoms with Gasteiger partial charge in [0.05, 0.1) is 0 Å². The van der Waals surface area contributed by atoms with Crippen LogP contribution < -0.4 is 21.7 Å². The lowest BCUT2D eigenvalue weighted by Crippen LogP contribution is -2.53. The minimum absolute atomic E-state index is 0.0444. The number of carbonyl (C=O) groups excluding carboxylic acids is 4. The van der Waals surface area contributed by atoms with Gasteiger partial charge >= 0.3 is 14.4 Å². The number of unbranched alkanes of at least 4 members (excludes halogenated alkanes) is 1. The summed E-state index contributed by atoms with van der Waals surface area (Å²) in [5.41, 5.74) is 4.78. The second-order valence-corrected chi connectivity index (χ2v) is 8.57. The lowest BCUT2D eigenvalue weighted by molar-refractivity contribution is -0.140. The van der Waals surface area contributed by atoms with Gasteiger partial charge in [0, 0.05) is 26.0 Å². The summed E-state index contributed by atoms with van der Waals surface area (Å²) < 4.78 is 42.0. The molecular weight excluding hydrogens is 477 g/mol. The largest absolute Gasteiger partial charge is 0.389 e. The zero-order chi connectivity index (χ0) is 25.9. The highest BCUT2D eigenvalue weighted by atomic mass is 31.1. The number of nitrogens with two attached hydrogens (primary N) is 1. The molecular formula is C20H31F2N4O7P. The van der Waals surface area contributed by atoms with Crippen LogP contribution in [0.15, 0.2) is 23.8 Å². The standard InChI is InChI=1S/C20H31F2N4O7P/c1-12(27)24-10-4-3-5-16(18(23)29)26-19(30)17(25-13(2)28)11-14-6-8-15(9-7-14)20(21,22)33-34(31)32/h6,8-9,14,16-17,34H,3-5,7,10-11H2,1-2H3,(H2,23,29)(H,24,27)(H,25,28)(H,26,30)(H,31,32)/t14-,16?,17?/m1/s1. The van der Waals surface area contributed by atoms with E-state index < -0.39 is 55.7 Å². The van der Waals surface area contributed by atoms with Crippen molar-refractivity contribution in [3.8, 4) is 0 Å². The maximum atomic E-state index is 13.8. The number of amides is 4. The van der Waals surface area contributed by atoms with E-state index in [0.717, 1.165) is 12.2 Å². The number of rotatable bonds is 14. The highest BCUT2D eigenvalue weighted by Crippen LogP contribution is 2.37. The maximum absolute atomic E-state index is 13.8. The van der Waals surface area contributed by atoms with E-state index >= 15 is 0 Å². The number of hydrogen-bond acceptors (Lipinski definition) is 6. The molecule has 0 saturated heterocycles. The highest BCUT2D eigenvalue weighted by molar-refractivity contribution is 7.32. The third-order valence-electron chi connectivity index (χ3n) is 4.93. The van der Waals surface area contributed by atoms with E-state index in [2.05, 4.69) is 20.5 Å². The van der Waals surface area contributed by atoms with Crippen LogP contribution in [-0.4, -0.2) is 53.3 Å². The predicted molar refractivity (Wildman–Crippen MR) is 118 cm³/mol. The van der Waals surface area contributed by atoms with Crippen molar-refractivity contribution in [2.75, 3.05) is 6.54 Å². The van der Waals surface area contributed by atoms with Gasteiger partial charge in [-0.2, -0.15) is 8.78 Å². The van der Waals surface area contributed by atoms with E-state index in [4.69, 9.17) is 10.6 Å². The molecule has 34 heavy (non-hydrogen) atoms. The van der Waals surface area contributed by atoms with Crippen LogP contribution in [-0.2, 0) is 28.3 Å². The van der Waals surface area contributed by atoms with Gasteiger partial charge in [0.25, 0.3) is 0 Å². The molecule has 0 fully saturated rings. The first-order chi connectivity index (χ1) is 15.8. The number of carbonyl (C=O) groups is 4. The van der Waals surface area contributed by atoms with Crippen LogP contribution >= 0.6 is 8.25 Å². The molecule has 6 N–H and O–H groups in total. The van der Waals surface area contributed by atoms with Crippen molar-refractivity contribution in [3.63, 3.8) is 0 Å². The second kappa shape index (κ2) is 13.9. The third-order valence-corrected chi connectivity index (χ3v) is 5.36. The van der Waals surface area contributed by atoms with Crippen molar-refractivity contribution >= 4 is 31.9 Å². The monoisotopic (exact) mass is 508 g/mol. The van der Waals surface area contributed by atoms with Gasteiger partial charge in [0.2, 0.25) is 23.6 Å². The molecule has 3 unspecified atom stereocenters. The summed E-state index contributed by atoms with van der Waals surface area (Å²) in [7, 11) is -3.86. The summed E-state index contributed by atoms with van der Waals surface area (Å²) in [6.45, 7) is 2.99. The van der Waals surface area contributed by atoms with Crippen LogP contribution in [0.4, 0.5) is 8.78 Å². The van der Waals surface area contributed by atoms with Gasteiger partial charge in [-0.3, -0.25) is 23.7 Å². The SMILES string of the molecule is CC(=O)NCCCCC(NC(=O)C(C[C@@H]1C=CC(C(F)(F)O[PH](=O)O)=CC1)NC(C)=O)C(N)=O. The predicted octanol–water partition coefficient (Wildman–Crippen LogP) is 0.652. The molecule has 0 aromatic heterocycles. The Morgan fingerprint density at radius 1 is 1.21 bits per heavy atom. The van der Waals surface area contributed by atoms with Crippen LogP contribution in [0.5, 0.6) is 0 Å². The topological polar surface area (TPSA) is 177 Å². The minimum Gasteiger partial charge on any atom is -0.368 e. The van der Waals surface area contributed by atoms with Gasteiger partial charge in [0.1, 0.15) is 12.1 Å². The molecule has 192 valence electrons. The molecule has 4 atom stereocenters. The minimum atomic E-state index is -3.94. The van der Waals surface area contributed by atoms with Crippen molar-refractivity contribution < 1.29 is 41.9 Å². The lowest BCUT2D eigenvalue weighted by atomic mass is 9.90. The normalized spacial score (nSPS) is 18.3. The third kappa shape index (κ3) is 11.0. The first kappa shape index (κ1) is 29.4. The molecule has 1 aliphatic carbocycles. The fourth-order valence-electron chi connectivity index (χ4n) is 3.30. The molecule has 1 aliphatic rings. The Morgan fingerprint density at radius 3 is 2.38 bits per heavy atom. The number of primary amides is 1. The van der Waals surface area contributed by atoms with Crippen molar-refractivity contribution in [1.29, 1.82) is 0 Å². The molecule has 4 amide bonds. The molecule has 14 heteroatoms. The molecule has 0 aliphatic heterocycles. The van der Waals surface area contributed by atoms with Crippen LogP contribution in [0.2, 0.25) is 0 Å². The van der Waals surface area contributed by atoms with Gasteiger partial charge in [0.15, 0.2) is 0 Å². The summed E-state index contributed by atoms with van der Waals surface area (Å²) >= 11 is 0. The Hall–Kier alpha value is -2.63. The first-order valence-corrected chi connectivity index (χ1v) is 11.9. The molecule has 11 nitrogen and oxygen atoms in total. The van der Waals surface area contributed by atoms with Crippen molar-refractivity contribution in [3.05, 3.63) is 23.8 Å². The van der Waals surface area contributed by atoms with Crippen LogP contribution in [0.25, 0.3) is 0 Å². The molecule has 0 spiro atoms. The lowest BCUT2D eigenvalue weighted by Gasteiger charge is -2.26. The molecule has 1 rings (SSSR count). The molecule has 0 bridgehead atoms. The Balaban J connectivity index is 2.74. The van der Waals surface area contributed by atoms with Gasteiger partial charge in [-0.25, -0.2) is 4.52 Å². The fourth-order valence-corrected chi connectivity index (χ4v) is 3.64. The van der Waals surface area contributed by atoms with Gasteiger partial charge < -0.3 is 26.6 Å². The molecule has 0 aromatic carbocycles. The first-order valence-electron chi connectivity index (χ1n) is 10.6. The van der Waals surface area contributed by atoms with Crippen molar-refractivity contribution in [1.82, 2.24) is 16.0 Å². The van der Waals surface area contributed by atoms with Crippen molar-refractivity contribution in [2.24, 2.45) is 11.7 Å². The van der Waals surface area contributed by atoms with Crippen molar-refractivity contribution in [2.45, 2.75) is 64.1 Å². The van der Waals surface area contributed by atoms with Crippen LogP contribution in [0, 0.1) is 5.92 Å². The Morgan fingerprint density at radius 2 is 1.88 bits per heavy atom. The second-order valence-electron chi connectivity index (χ2n) is 7.83. The molecule has 0 heterocycles. The summed E-state index contributed by atoms with van der Waals surface area (Å²) in [5.74, 6) is -2.52. The fraction of sp³-hybridized carbons (Fsp3) is 0.600. The van der Waals surface area contributed by atoms with E-state index in [-0.39, 0.29) is 25.2 Å². The van der Waals surface area contributed by atoms with E-state index in [0.29, 0.717) is 19.4 Å². The van der Waals surface area contributed by atoms with Crippen LogP contribution in [0.3, 0.4) is 0 Å². The summed E-state index contributed by atoms with van der Waals surface area (Å²) in [6, 6.07) is -2.05. The number of allylic oxidation sites excluding steroid dienone is 2. The average Bonchev–Trinajstić information content (AvgIpc) is 2.70. The Kier molecular flexibility index (Phi) is 12.0. The maximum Gasteiger partial charge on any atom is 0.389 e. The van der Waals surface area contributed by atoms with E-state index in [1.165, 1.54) is 19.9 Å². The Labute approximate surface area is 196 Å².